The largest absolute Gasteiger partial charge is 0.462 e. The van der Waals surface area contributed by atoms with Crippen LogP contribution in [0.25, 0.3) is 22.2 Å². The highest BCUT2D eigenvalue weighted by Gasteiger charge is 2.24. The summed E-state index contributed by atoms with van der Waals surface area (Å²) in [5, 5.41) is 0. The highest BCUT2D eigenvalue weighted by atomic mass is 16.5. The minimum atomic E-state index is -0.400. The zero-order chi connectivity index (χ0) is 21.3. The van der Waals surface area contributed by atoms with Gasteiger partial charge in [0.2, 0.25) is 0 Å². The number of hydrogen-bond acceptors (Lipinski definition) is 5. The van der Waals surface area contributed by atoms with Crippen LogP contribution in [0.5, 0.6) is 0 Å². The molecule has 0 atom stereocenters. The molecular formula is C24H34N4O2. The van der Waals surface area contributed by atoms with E-state index in [9.17, 15) is 4.79 Å². The quantitative estimate of drug-likeness (QED) is 0.298. The number of nitrogen functional groups attached to an aromatic ring is 1. The van der Waals surface area contributed by atoms with Gasteiger partial charge in [0.25, 0.3) is 0 Å². The van der Waals surface area contributed by atoms with Crippen molar-refractivity contribution in [3.63, 3.8) is 0 Å². The third kappa shape index (κ3) is 5.10. The summed E-state index contributed by atoms with van der Waals surface area (Å²) < 4.78 is 7.49. The standard InChI is InChI=1S/C24H34N4O2/c1-3-5-7-9-12-16-28-22(25)20(24(29)30-17-13-8-6-4-2)21-23(28)27-19-15-11-10-14-18(19)26-21/h10-11,14-15H,3-9,12-13,16-17,25H2,1-2H3. The van der Waals surface area contributed by atoms with Crippen LogP contribution >= 0.6 is 0 Å². The van der Waals surface area contributed by atoms with E-state index in [1.807, 2.05) is 28.8 Å². The molecule has 0 unspecified atom stereocenters. The van der Waals surface area contributed by atoms with E-state index in [-0.39, 0.29) is 0 Å². The van der Waals surface area contributed by atoms with Crippen molar-refractivity contribution in [1.82, 2.24) is 14.5 Å². The zero-order valence-electron chi connectivity index (χ0n) is 18.3. The van der Waals surface area contributed by atoms with Gasteiger partial charge in [-0.1, -0.05) is 70.9 Å². The highest BCUT2D eigenvalue weighted by molar-refractivity contribution is 6.08. The molecule has 0 spiro atoms. The Morgan fingerprint density at radius 2 is 1.57 bits per heavy atom. The average molecular weight is 411 g/mol. The Bertz CT molecular complexity index is 980. The lowest BCUT2D eigenvalue weighted by Gasteiger charge is -2.08. The lowest BCUT2D eigenvalue weighted by molar-refractivity contribution is 0.0501. The molecule has 2 N–H and O–H groups in total. The van der Waals surface area contributed by atoms with Gasteiger partial charge >= 0.3 is 5.97 Å². The second kappa shape index (κ2) is 11.0. The molecule has 0 aliphatic carbocycles. The van der Waals surface area contributed by atoms with Crippen LogP contribution in [0.15, 0.2) is 24.3 Å². The van der Waals surface area contributed by atoms with Gasteiger partial charge in [-0.05, 0) is 25.0 Å². The van der Waals surface area contributed by atoms with E-state index in [1.54, 1.807) is 0 Å². The van der Waals surface area contributed by atoms with E-state index in [2.05, 4.69) is 13.8 Å². The van der Waals surface area contributed by atoms with E-state index in [1.165, 1.54) is 19.3 Å². The van der Waals surface area contributed by atoms with Crippen LogP contribution in [0.2, 0.25) is 0 Å². The van der Waals surface area contributed by atoms with Gasteiger partial charge in [-0.3, -0.25) is 0 Å². The zero-order valence-corrected chi connectivity index (χ0v) is 18.3. The SMILES string of the molecule is CCCCCCCn1c(N)c(C(=O)OCCCCCC)c2nc3ccccc3nc21. The van der Waals surface area contributed by atoms with E-state index in [4.69, 9.17) is 20.4 Å². The number of rotatable bonds is 12. The number of aryl methyl sites for hydroxylation is 1. The maximum absolute atomic E-state index is 12.9. The minimum Gasteiger partial charge on any atom is -0.462 e. The van der Waals surface area contributed by atoms with Crippen LogP contribution in [0.3, 0.4) is 0 Å². The van der Waals surface area contributed by atoms with E-state index in [0.717, 1.165) is 56.1 Å². The number of aromatic nitrogens is 3. The first-order chi connectivity index (χ1) is 14.7. The molecule has 30 heavy (non-hydrogen) atoms. The Labute approximate surface area is 178 Å². The lowest BCUT2D eigenvalue weighted by atomic mass is 10.1. The number of hydrogen-bond donors (Lipinski definition) is 1. The Balaban J connectivity index is 1.89. The van der Waals surface area contributed by atoms with Gasteiger partial charge in [-0.2, -0.15) is 0 Å². The molecule has 162 valence electrons. The van der Waals surface area contributed by atoms with Crippen molar-refractivity contribution < 1.29 is 9.53 Å². The molecule has 6 nitrogen and oxygen atoms in total. The summed E-state index contributed by atoms with van der Waals surface area (Å²) in [6, 6.07) is 7.69. The summed E-state index contributed by atoms with van der Waals surface area (Å²) in [7, 11) is 0. The van der Waals surface area contributed by atoms with Gasteiger partial charge in [0, 0.05) is 6.54 Å². The molecule has 0 amide bonds. The summed E-state index contributed by atoms with van der Waals surface area (Å²) >= 11 is 0. The van der Waals surface area contributed by atoms with E-state index in [0.29, 0.717) is 29.2 Å². The summed E-state index contributed by atoms with van der Waals surface area (Å²) in [4.78, 5) is 22.4. The third-order valence-electron chi connectivity index (χ3n) is 5.51. The number of fused-ring (bicyclic) bond motifs is 2. The fraction of sp³-hybridized carbons (Fsp3) is 0.542. The number of anilines is 1. The fourth-order valence-electron chi connectivity index (χ4n) is 3.78. The number of carbonyl (C=O) groups is 1. The minimum absolute atomic E-state index is 0.354. The number of nitrogens with two attached hydrogens (primary N) is 1. The Morgan fingerprint density at radius 3 is 2.27 bits per heavy atom. The molecule has 0 aliphatic rings. The Kier molecular flexibility index (Phi) is 8.05. The lowest BCUT2D eigenvalue weighted by Crippen LogP contribution is -2.11. The Hall–Kier alpha value is -2.63. The molecule has 2 heterocycles. The highest BCUT2D eigenvalue weighted by Crippen LogP contribution is 2.29. The van der Waals surface area contributed by atoms with Gasteiger partial charge in [0.05, 0.1) is 17.6 Å². The number of benzene rings is 1. The second-order valence-corrected chi connectivity index (χ2v) is 7.91. The van der Waals surface area contributed by atoms with Crippen LogP contribution in [0.4, 0.5) is 5.82 Å². The first-order valence-electron chi connectivity index (χ1n) is 11.4. The molecule has 3 aromatic rings. The number of carbonyl (C=O) groups excluding carboxylic acids is 1. The molecule has 0 saturated carbocycles. The van der Waals surface area contributed by atoms with Crippen LogP contribution in [0, 0.1) is 0 Å². The third-order valence-corrected chi connectivity index (χ3v) is 5.51. The maximum Gasteiger partial charge on any atom is 0.344 e. The summed E-state index contributed by atoms with van der Waals surface area (Å²) in [5.41, 5.74) is 9.57. The van der Waals surface area contributed by atoms with E-state index >= 15 is 0 Å². The van der Waals surface area contributed by atoms with Crippen molar-refractivity contribution in [1.29, 1.82) is 0 Å². The molecular weight excluding hydrogens is 376 g/mol. The summed E-state index contributed by atoms with van der Waals surface area (Å²) in [6.07, 6.45) is 10.00. The van der Waals surface area contributed by atoms with Crippen molar-refractivity contribution in [2.45, 2.75) is 78.2 Å². The average Bonchev–Trinajstić information content (AvgIpc) is 3.02. The molecule has 6 heteroatoms. The van der Waals surface area contributed by atoms with Gasteiger partial charge in [-0.25, -0.2) is 14.8 Å². The molecule has 2 aromatic heterocycles. The number of ether oxygens (including phenoxy) is 1. The van der Waals surface area contributed by atoms with E-state index < -0.39 is 5.97 Å². The van der Waals surface area contributed by atoms with Crippen molar-refractivity contribution in [3.05, 3.63) is 29.8 Å². The normalized spacial score (nSPS) is 11.4. The van der Waals surface area contributed by atoms with Crippen LogP contribution < -0.4 is 5.73 Å². The van der Waals surface area contributed by atoms with Crippen LogP contribution in [0.1, 0.15) is 82.0 Å². The maximum atomic E-state index is 12.9. The molecule has 0 aliphatic heterocycles. The summed E-state index contributed by atoms with van der Waals surface area (Å²) in [5.74, 6) is 0.0117. The number of esters is 1. The van der Waals surface area contributed by atoms with Crippen LogP contribution in [-0.2, 0) is 11.3 Å². The molecule has 0 bridgehead atoms. The number of para-hydroxylation sites is 2. The van der Waals surface area contributed by atoms with Crippen molar-refractivity contribution in [2.24, 2.45) is 0 Å². The molecule has 1 aromatic carbocycles. The first-order valence-corrected chi connectivity index (χ1v) is 11.4. The number of unbranched alkanes of at least 4 members (excludes halogenated alkanes) is 7. The molecule has 0 radical (unpaired) electrons. The summed E-state index contributed by atoms with van der Waals surface area (Å²) in [6.45, 7) is 5.50. The van der Waals surface area contributed by atoms with Crippen molar-refractivity contribution in [3.8, 4) is 0 Å². The molecule has 3 rings (SSSR count). The predicted octanol–water partition coefficient (Wildman–Crippen LogP) is 5.87. The van der Waals surface area contributed by atoms with Crippen molar-refractivity contribution in [2.75, 3.05) is 12.3 Å². The predicted molar refractivity (Wildman–Crippen MR) is 123 cm³/mol. The monoisotopic (exact) mass is 410 g/mol. The van der Waals surface area contributed by atoms with Gasteiger partial charge < -0.3 is 15.0 Å². The Morgan fingerprint density at radius 1 is 0.933 bits per heavy atom. The smallest absolute Gasteiger partial charge is 0.344 e. The molecule has 0 fully saturated rings. The van der Waals surface area contributed by atoms with Gasteiger partial charge in [0.15, 0.2) is 5.65 Å². The second-order valence-electron chi connectivity index (χ2n) is 7.91. The number of nitrogens with zero attached hydrogens (tertiary/aromatic N) is 3. The van der Waals surface area contributed by atoms with Crippen molar-refractivity contribution >= 4 is 34.0 Å². The first kappa shape index (κ1) is 22.1. The van der Waals surface area contributed by atoms with Gasteiger partial charge in [0.1, 0.15) is 16.9 Å². The molecule has 0 saturated heterocycles. The van der Waals surface area contributed by atoms with Crippen LogP contribution in [-0.4, -0.2) is 27.1 Å². The fourth-order valence-corrected chi connectivity index (χ4v) is 3.78. The topological polar surface area (TPSA) is 83.0 Å². The van der Waals surface area contributed by atoms with Gasteiger partial charge in [-0.15, -0.1) is 0 Å².